The molecule has 0 saturated carbocycles. The number of carbonyl (C=O) groups excluding carboxylic acids is 1. The Kier molecular flexibility index (Phi) is 5.96. The zero-order valence-electron chi connectivity index (χ0n) is 13.9. The van der Waals surface area contributed by atoms with E-state index in [0.717, 1.165) is 4.35 Å². The number of carbonyl (C=O) groups is 1. The second-order valence-electron chi connectivity index (χ2n) is 5.55. The van der Waals surface area contributed by atoms with Gasteiger partial charge in [0.25, 0.3) is 0 Å². The molecule has 0 aliphatic heterocycles. The summed E-state index contributed by atoms with van der Waals surface area (Å²) in [5.74, 6) is 1.75. The van der Waals surface area contributed by atoms with Gasteiger partial charge in [0.15, 0.2) is 0 Å². The number of hydrogen-bond acceptors (Lipinski definition) is 3. The van der Waals surface area contributed by atoms with Crippen LogP contribution in [0.1, 0.15) is 36.2 Å². The summed E-state index contributed by atoms with van der Waals surface area (Å²) in [6, 6.07) is 9.58. The van der Waals surface area contributed by atoms with Gasteiger partial charge in [0, 0.05) is 0 Å². The van der Waals surface area contributed by atoms with Crippen LogP contribution < -0.4 is 14.1 Å². The normalized spacial score (nSPS) is 13.0. The van der Waals surface area contributed by atoms with Crippen LogP contribution in [-0.4, -0.2) is 32.2 Å². The molecule has 6 heteroatoms. The molecule has 1 radical (unpaired) electrons. The average Bonchev–Trinajstić information content (AvgIpc) is 2.63. The van der Waals surface area contributed by atoms with Crippen molar-refractivity contribution in [1.29, 1.82) is 5.26 Å². The second kappa shape index (κ2) is 7.97. The van der Waals surface area contributed by atoms with Crippen molar-refractivity contribution in [2.75, 3.05) is 0 Å². The van der Waals surface area contributed by atoms with E-state index in [1.165, 1.54) is 12.1 Å². The van der Waals surface area contributed by atoms with E-state index in [4.69, 9.17) is 11.7 Å². The van der Waals surface area contributed by atoms with Crippen LogP contribution >= 0.6 is 0 Å². The summed E-state index contributed by atoms with van der Waals surface area (Å²) < 4.78 is 14.9. The number of rotatable bonds is 5. The van der Waals surface area contributed by atoms with Crippen molar-refractivity contribution in [3.63, 3.8) is 0 Å². The zero-order chi connectivity index (χ0) is 18.4. The van der Waals surface area contributed by atoms with E-state index >= 15 is 0 Å². The molecular weight excluding hydrogens is 380 g/mol. The molecule has 0 spiro atoms. The fourth-order valence-corrected chi connectivity index (χ4v) is 4.11. The molecule has 1 aromatic heterocycles. The molecule has 0 fully saturated rings. The van der Waals surface area contributed by atoms with Crippen LogP contribution in [0.2, 0.25) is 0 Å². The van der Waals surface area contributed by atoms with Crippen molar-refractivity contribution in [1.82, 2.24) is 10.3 Å². The molecule has 2 aromatic rings. The first-order valence-electron chi connectivity index (χ1n) is 7.59. The summed E-state index contributed by atoms with van der Waals surface area (Å²) in [6.07, 6.45) is 7.72. The minimum absolute atomic E-state index is 0.0133. The van der Waals surface area contributed by atoms with Gasteiger partial charge in [0.1, 0.15) is 0 Å². The quantitative estimate of drug-likeness (QED) is 0.612. The Morgan fingerprint density at radius 1 is 1.48 bits per heavy atom. The number of benzene rings is 1. The van der Waals surface area contributed by atoms with E-state index in [2.05, 4.69) is 16.2 Å². The molecule has 1 atom stereocenters. The fourth-order valence-electron chi connectivity index (χ4n) is 2.00. The van der Waals surface area contributed by atoms with Crippen LogP contribution in [0.15, 0.2) is 36.5 Å². The number of hydrogen-bond donors (Lipinski definition) is 1. The number of nitriles is 1. The molecule has 1 amide bonds. The summed E-state index contributed by atoms with van der Waals surface area (Å²) in [5, 5.41) is 11.8. The molecule has 1 heterocycles. The number of nitrogens with zero attached hydrogens (tertiary/aromatic N) is 2. The van der Waals surface area contributed by atoms with Gasteiger partial charge in [-0.1, -0.05) is 0 Å². The molecule has 4 nitrogen and oxygen atoms in total. The first-order valence-corrected chi connectivity index (χ1v) is 9.47. The van der Waals surface area contributed by atoms with Gasteiger partial charge in [-0.15, -0.1) is 0 Å². The van der Waals surface area contributed by atoms with Crippen molar-refractivity contribution in [2.24, 2.45) is 0 Å². The monoisotopic (exact) mass is 396 g/mol. The summed E-state index contributed by atoms with van der Waals surface area (Å²) in [6.45, 7) is 3.69. The predicted octanol–water partition coefficient (Wildman–Crippen LogP) is 1.28. The van der Waals surface area contributed by atoms with E-state index in [-0.39, 0.29) is 11.5 Å². The topological polar surface area (TPSA) is 65.8 Å². The Morgan fingerprint density at radius 2 is 2.24 bits per heavy atom. The van der Waals surface area contributed by atoms with Gasteiger partial charge in [-0.25, -0.2) is 0 Å². The van der Waals surface area contributed by atoms with Crippen LogP contribution in [0.4, 0.5) is 4.39 Å². The third-order valence-electron chi connectivity index (χ3n) is 3.75. The summed E-state index contributed by atoms with van der Waals surface area (Å²) in [7, 11) is 0. The molecule has 1 aromatic carbocycles. The Labute approximate surface area is 153 Å². The van der Waals surface area contributed by atoms with Crippen molar-refractivity contribution in [2.45, 2.75) is 25.8 Å². The molecule has 0 aliphatic carbocycles. The van der Waals surface area contributed by atoms with Crippen molar-refractivity contribution in [3.05, 3.63) is 53.5 Å². The Morgan fingerprint density at radius 3 is 2.88 bits per heavy atom. The summed E-state index contributed by atoms with van der Waals surface area (Å²) in [5.41, 5.74) is -0.300. The fraction of sp³-hybridized carbons (Fsp3) is 0.211. The number of amides is 1. The Hall–Kier alpha value is -2.62. The van der Waals surface area contributed by atoms with Crippen LogP contribution in [0.25, 0.3) is 0 Å². The average molecular weight is 396 g/mol. The number of pyridine rings is 1. The minimum atomic E-state index is -0.732. The van der Waals surface area contributed by atoms with Gasteiger partial charge in [-0.05, 0) is 0 Å². The summed E-state index contributed by atoms with van der Waals surface area (Å²) in [4.78, 5) is 16.9. The Balaban J connectivity index is 2.31. The molecule has 25 heavy (non-hydrogen) atoms. The van der Waals surface area contributed by atoms with Crippen LogP contribution in [-0.2, 0) is 0 Å². The van der Waals surface area contributed by atoms with Gasteiger partial charge in [0.05, 0.1) is 0 Å². The molecule has 2 rings (SSSR count). The SMILES string of the molecule is C#CC(C)(CC)NC(=O)c1cccnc1[As]c1ccc(F)c(C#N)c1. The molecule has 1 unspecified atom stereocenters. The molecular formula is C19H16AsFN3O. The maximum atomic E-state index is 13.5. The van der Waals surface area contributed by atoms with Crippen molar-refractivity contribution < 1.29 is 9.18 Å². The third kappa shape index (κ3) is 4.47. The first-order chi connectivity index (χ1) is 11.9. The van der Waals surface area contributed by atoms with Gasteiger partial charge in [-0.2, -0.15) is 0 Å². The zero-order valence-corrected chi connectivity index (χ0v) is 15.8. The van der Waals surface area contributed by atoms with Crippen molar-refractivity contribution >= 4 is 30.5 Å². The van der Waals surface area contributed by atoms with E-state index in [1.807, 2.05) is 13.0 Å². The van der Waals surface area contributed by atoms with E-state index < -0.39 is 27.1 Å². The number of nitrogens with one attached hydrogen (secondary N) is 1. The molecule has 0 saturated heterocycles. The van der Waals surface area contributed by atoms with E-state index in [1.54, 1.807) is 31.3 Å². The second-order valence-corrected chi connectivity index (χ2v) is 7.99. The van der Waals surface area contributed by atoms with Gasteiger partial charge < -0.3 is 0 Å². The molecule has 0 bridgehead atoms. The predicted molar refractivity (Wildman–Crippen MR) is 95.4 cm³/mol. The van der Waals surface area contributed by atoms with E-state index in [0.29, 0.717) is 16.5 Å². The number of aromatic nitrogens is 1. The molecule has 125 valence electrons. The van der Waals surface area contributed by atoms with Gasteiger partial charge in [-0.3, -0.25) is 0 Å². The number of terminal acetylenes is 1. The Bertz CT molecular complexity index is 885. The van der Waals surface area contributed by atoms with Crippen LogP contribution in [0.3, 0.4) is 0 Å². The first kappa shape index (κ1) is 18.7. The maximum absolute atomic E-state index is 13.5. The molecule has 1 N–H and O–H groups in total. The van der Waals surface area contributed by atoms with Crippen molar-refractivity contribution in [3.8, 4) is 18.4 Å². The van der Waals surface area contributed by atoms with Crippen LogP contribution in [0, 0.1) is 29.5 Å². The van der Waals surface area contributed by atoms with Gasteiger partial charge in [0.2, 0.25) is 0 Å². The van der Waals surface area contributed by atoms with Gasteiger partial charge >= 0.3 is 153 Å². The third-order valence-corrected chi connectivity index (χ3v) is 6.07. The summed E-state index contributed by atoms with van der Waals surface area (Å²) >= 11 is -0.684. The standard InChI is InChI=1S/C19H16AsFN3O/c1-4-19(3,5-2)24-18(25)15-7-6-10-23-17(15)20-14-8-9-16(21)13(11-14)12-22/h1,6-11H,5H2,2-3H3,(H,24,25). The number of halogens is 1. The van der Waals surface area contributed by atoms with Crippen LogP contribution in [0.5, 0.6) is 0 Å². The molecule has 0 aliphatic rings. The van der Waals surface area contributed by atoms with E-state index in [9.17, 15) is 9.18 Å².